The van der Waals surface area contributed by atoms with Crippen LogP contribution in [0.4, 0.5) is 0 Å². The SMILES string of the molecule is Cc1cc(C)c(C(=O)NC[C@@]2(O)CCOC2)c(C)c1. The highest BCUT2D eigenvalue weighted by Gasteiger charge is 2.32. The molecule has 1 atom stereocenters. The molecule has 0 spiro atoms. The number of hydrogen-bond acceptors (Lipinski definition) is 3. The van der Waals surface area contributed by atoms with E-state index in [1.807, 2.05) is 32.9 Å². The Morgan fingerprint density at radius 3 is 2.53 bits per heavy atom. The molecule has 2 N–H and O–H groups in total. The fraction of sp³-hybridized carbons (Fsp3) is 0.533. The summed E-state index contributed by atoms with van der Waals surface area (Å²) < 4.78 is 5.16. The van der Waals surface area contributed by atoms with Crippen LogP contribution in [0.1, 0.15) is 33.5 Å². The van der Waals surface area contributed by atoms with Crippen molar-refractivity contribution < 1.29 is 14.6 Å². The summed E-state index contributed by atoms with van der Waals surface area (Å²) in [6, 6.07) is 3.99. The predicted octanol–water partition coefficient (Wildman–Crippen LogP) is 1.49. The Morgan fingerprint density at radius 1 is 1.37 bits per heavy atom. The molecular weight excluding hydrogens is 242 g/mol. The molecule has 1 aromatic carbocycles. The second-order valence-electron chi connectivity index (χ2n) is 5.48. The standard InChI is InChI=1S/C15H21NO3/c1-10-6-11(2)13(12(3)7-10)14(17)16-8-15(18)4-5-19-9-15/h6-7,18H,4-5,8-9H2,1-3H3,(H,16,17)/t15-/m0/s1. The first-order valence-corrected chi connectivity index (χ1v) is 6.57. The fourth-order valence-electron chi connectivity index (χ4n) is 2.61. The van der Waals surface area contributed by atoms with Crippen LogP contribution in [0.15, 0.2) is 12.1 Å². The molecular formula is C15H21NO3. The van der Waals surface area contributed by atoms with Gasteiger partial charge in [-0.25, -0.2) is 0 Å². The second-order valence-corrected chi connectivity index (χ2v) is 5.48. The molecule has 104 valence electrons. The lowest BCUT2D eigenvalue weighted by atomic mass is 9.98. The van der Waals surface area contributed by atoms with Crippen LogP contribution in [-0.2, 0) is 4.74 Å². The molecule has 4 heteroatoms. The number of hydrogen-bond donors (Lipinski definition) is 2. The van der Waals surface area contributed by atoms with E-state index >= 15 is 0 Å². The number of aliphatic hydroxyl groups is 1. The zero-order chi connectivity index (χ0) is 14.0. The Hall–Kier alpha value is -1.39. The fourth-order valence-corrected chi connectivity index (χ4v) is 2.61. The van der Waals surface area contributed by atoms with E-state index in [0.29, 0.717) is 25.2 Å². The van der Waals surface area contributed by atoms with Gasteiger partial charge in [-0.3, -0.25) is 4.79 Å². The van der Waals surface area contributed by atoms with Gasteiger partial charge in [0, 0.05) is 25.1 Å². The molecule has 1 amide bonds. The maximum atomic E-state index is 12.2. The first-order chi connectivity index (χ1) is 8.91. The van der Waals surface area contributed by atoms with Gasteiger partial charge in [0.25, 0.3) is 5.91 Å². The Bertz CT molecular complexity index is 467. The summed E-state index contributed by atoms with van der Waals surface area (Å²) in [7, 11) is 0. The van der Waals surface area contributed by atoms with Gasteiger partial charge in [-0.15, -0.1) is 0 Å². The molecule has 1 aromatic rings. The van der Waals surface area contributed by atoms with Gasteiger partial charge in [-0.05, 0) is 31.9 Å². The van der Waals surface area contributed by atoms with E-state index in [9.17, 15) is 9.90 Å². The largest absolute Gasteiger partial charge is 0.386 e. The number of carbonyl (C=O) groups excluding carboxylic acids is 1. The van der Waals surface area contributed by atoms with Gasteiger partial charge in [0.2, 0.25) is 0 Å². The predicted molar refractivity (Wildman–Crippen MR) is 73.4 cm³/mol. The molecule has 1 heterocycles. The van der Waals surface area contributed by atoms with Crippen LogP contribution in [-0.4, -0.2) is 36.4 Å². The molecule has 2 rings (SSSR count). The van der Waals surface area contributed by atoms with Gasteiger partial charge in [-0.1, -0.05) is 17.7 Å². The maximum Gasteiger partial charge on any atom is 0.251 e. The molecule has 4 nitrogen and oxygen atoms in total. The lowest BCUT2D eigenvalue weighted by molar-refractivity contribution is 0.0264. The van der Waals surface area contributed by atoms with E-state index < -0.39 is 5.60 Å². The van der Waals surface area contributed by atoms with Crippen molar-refractivity contribution in [3.05, 3.63) is 34.4 Å². The third-order valence-electron chi connectivity index (χ3n) is 3.56. The highest BCUT2D eigenvalue weighted by Crippen LogP contribution is 2.19. The first-order valence-electron chi connectivity index (χ1n) is 6.57. The molecule has 19 heavy (non-hydrogen) atoms. The van der Waals surface area contributed by atoms with Crippen molar-refractivity contribution in [2.24, 2.45) is 0 Å². The second kappa shape index (κ2) is 5.31. The van der Waals surface area contributed by atoms with Crippen molar-refractivity contribution in [1.29, 1.82) is 0 Å². The number of carbonyl (C=O) groups is 1. The molecule has 0 aliphatic carbocycles. The van der Waals surface area contributed by atoms with Crippen molar-refractivity contribution in [2.75, 3.05) is 19.8 Å². The average molecular weight is 263 g/mol. The monoisotopic (exact) mass is 263 g/mol. The average Bonchev–Trinajstić information content (AvgIpc) is 2.73. The topological polar surface area (TPSA) is 58.6 Å². The summed E-state index contributed by atoms with van der Waals surface area (Å²) in [4.78, 5) is 12.2. The lowest BCUT2D eigenvalue weighted by Crippen LogP contribution is -2.43. The van der Waals surface area contributed by atoms with Crippen molar-refractivity contribution in [1.82, 2.24) is 5.32 Å². The van der Waals surface area contributed by atoms with Crippen LogP contribution in [0.25, 0.3) is 0 Å². The summed E-state index contributed by atoms with van der Waals surface area (Å²) in [6.45, 7) is 6.96. The number of amides is 1. The van der Waals surface area contributed by atoms with Crippen molar-refractivity contribution in [2.45, 2.75) is 32.8 Å². The highest BCUT2D eigenvalue weighted by molar-refractivity contribution is 5.97. The summed E-state index contributed by atoms with van der Waals surface area (Å²) in [5, 5.41) is 12.9. The summed E-state index contributed by atoms with van der Waals surface area (Å²) in [6.07, 6.45) is 0.569. The zero-order valence-corrected chi connectivity index (χ0v) is 11.7. The third kappa shape index (κ3) is 3.14. The smallest absolute Gasteiger partial charge is 0.251 e. The van der Waals surface area contributed by atoms with E-state index in [-0.39, 0.29) is 12.5 Å². The van der Waals surface area contributed by atoms with Crippen LogP contribution in [0, 0.1) is 20.8 Å². The molecule has 0 radical (unpaired) electrons. The normalized spacial score (nSPS) is 22.5. The summed E-state index contributed by atoms with van der Waals surface area (Å²) >= 11 is 0. The van der Waals surface area contributed by atoms with E-state index in [0.717, 1.165) is 16.7 Å². The van der Waals surface area contributed by atoms with Crippen LogP contribution in [0.2, 0.25) is 0 Å². The zero-order valence-electron chi connectivity index (χ0n) is 11.7. The van der Waals surface area contributed by atoms with Gasteiger partial charge < -0.3 is 15.2 Å². The van der Waals surface area contributed by atoms with Crippen LogP contribution in [0.3, 0.4) is 0 Å². The third-order valence-corrected chi connectivity index (χ3v) is 3.56. The Balaban J connectivity index is 2.08. The number of ether oxygens (including phenoxy) is 1. The summed E-state index contributed by atoms with van der Waals surface area (Å²) in [5.74, 6) is -0.129. The van der Waals surface area contributed by atoms with Crippen LogP contribution in [0.5, 0.6) is 0 Å². The Kier molecular flexibility index (Phi) is 3.92. The van der Waals surface area contributed by atoms with Crippen molar-refractivity contribution >= 4 is 5.91 Å². The van der Waals surface area contributed by atoms with Crippen molar-refractivity contribution in [3.63, 3.8) is 0 Å². The first kappa shape index (κ1) is 14.0. The molecule has 0 aromatic heterocycles. The molecule has 0 saturated carbocycles. The number of rotatable bonds is 3. The molecule has 1 fully saturated rings. The number of aryl methyl sites for hydroxylation is 3. The highest BCUT2D eigenvalue weighted by atomic mass is 16.5. The maximum absolute atomic E-state index is 12.2. The molecule has 0 bridgehead atoms. The molecule has 0 unspecified atom stereocenters. The number of nitrogens with one attached hydrogen (secondary N) is 1. The molecule has 1 aliphatic heterocycles. The number of benzene rings is 1. The minimum Gasteiger partial charge on any atom is -0.386 e. The van der Waals surface area contributed by atoms with E-state index in [4.69, 9.17) is 4.74 Å². The minimum atomic E-state index is -0.915. The molecule has 1 aliphatic rings. The summed E-state index contributed by atoms with van der Waals surface area (Å²) in [5.41, 5.74) is 2.86. The van der Waals surface area contributed by atoms with Gasteiger partial charge in [0.05, 0.1) is 6.61 Å². The van der Waals surface area contributed by atoms with Gasteiger partial charge >= 0.3 is 0 Å². The van der Waals surface area contributed by atoms with Crippen LogP contribution >= 0.6 is 0 Å². The van der Waals surface area contributed by atoms with Gasteiger partial charge in [0.15, 0.2) is 0 Å². The van der Waals surface area contributed by atoms with Gasteiger partial charge in [0.1, 0.15) is 5.60 Å². The minimum absolute atomic E-state index is 0.129. The van der Waals surface area contributed by atoms with Crippen molar-refractivity contribution in [3.8, 4) is 0 Å². The van der Waals surface area contributed by atoms with Gasteiger partial charge in [-0.2, -0.15) is 0 Å². The quantitative estimate of drug-likeness (QED) is 0.868. The molecule has 1 saturated heterocycles. The van der Waals surface area contributed by atoms with E-state index in [2.05, 4.69) is 5.32 Å². The Labute approximate surface area is 113 Å². The Morgan fingerprint density at radius 2 is 2.00 bits per heavy atom. The van der Waals surface area contributed by atoms with E-state index in [1.165, 1.54) is 0 Å². The van der Waals surface area contributed by atoms with E-state index in [1.54, 1.807) is 0 Å². The van der Waals surface area contributed by atoms with Crippen LogP contribution < -0.4 is 5.32 Å². The lowest BCUT2D eigenvalue weighted by Gasteiger charge is -2.21.